The van der Waals surface area contributed by atoms with Crippen molar-refractivity contribution in [1.29, 1.82) is 0 Å². The monoisotopic (exact) mass is 290 g/mol. The van der Waals surface area contributed by atoms with E-state index in [4.69, 9.17) is 9.47 Å². The smallest absolute Gasteiger partial charge is 0.173 e. The molecule has 0 aliphatic carbocycles. The van der Waals surface area contributed by atoms with Crippen molar-refractivity contribution >= 4 is 0 Å². The molecule has 2 aromatic rings. The summed E-state index contributed by atoms with van der Waals surface area (Å²) in [7, 11) is 3.13. The molecule has 5 nitrogen and oxygen atoms in total. The van der Waals surface area contributed by atoms with Gasteiger partial charge in [0.1, 0.15) is 5.75 Å². The first-order valence-corrected chi connectivity index (χ1v) is 6.98. The van der Waals surface area contributed by atoms with Gasteiger partial charge in [0.2, 0.25) is 0 Å². The number of aliphatic hydroxyl groups is 1. The summed E-state index contributed by atoms with van der Waals surface area (Å²) in [4.78, 5) is 0. The molecule has 2 rings (SSSR count). The lowest BCUT2D eigenvalue weighted by atomic mass is 10.1. The molecule has 0 amide bonds. The Morgan fingerprint density at radius 2 is 1.86 bits per heavy atom. The highest BCUT2D eigenvalue weighted by Crippen LogP contribution is 2.25. The topological polar surface area (TPSA) is 56.5 Å². The molecule has 0 saturated heterocycles. The zero-order valence-electron chi connectivity index (χ0n) is 12.9. The Labute approximate surface area is 125 Å². The van der Waals surface area contributed by atoms with Gasteiger partial charge >= 0.3 is 0 Å². The fourth-order valence-electron chi connectivity index (χ4n) is 2.17. The van der Waals surface area contributed by atoms with Crippen molar-refractivity contribution in [3.05, 3.63) is 36.0 Å². The van der Waals surface area contributed by atoms with E-state index in [0.717, 1.165) is 22.7 Å². The molecule has 5 heteroatoms. The third-order valence-corrected chi connectivity index (χ3v) is 3.39. The lowest BCUT2D eigenvalue weighted by Gasteiger charge is -2.13. The Morgan fingerprint density at radius 1 is 1.19 bits per heavy atom. The summed E-state index contributed by atoms with van der Waals surface area (Å²) in [5.41, 5.74) is 2.96. The molecular formula is C16H22N2O3. The molecule has 0 aliphatic rings. The van der Waals surface area contributed by atoms with E-state index < -0.39 is 6.29 Å². The molecule has 21 heavy (non-hydrogen) atoms. The highest BCUT2D eigenvalue weighted by atomic mass is 16.6. The number of aromatic nitrogens is 2. The van der Waals surface area contributed by atoms with Crippen LogP contribution in [0.4, 0.5) is 0 Å². The highest BCUT2D eigenvalue weighted by molar-refractivity contribution is 5.60. The average Bonchev–Trinajstić information content (AvgIpc) is 2.91. The van der Waals surface area contributed by atoms with Crippen molar-refractivity contribution in [2.75, 3.05) is 14.2 Å². The first-order chi connectivity index (χ1) is 10.0. The zero-order chi connectivity index (χ0) is 15.4. The molecule has 0 radical (unpaired) electrons. The number of aliphatic hydroxyl groups excluding tert-OH is 1. The molecular weight excluding hydrogens is 268 g/mol. The van der Waals surface area contributed by atoms with Crippen LogP contribution in [0.1, 0.15) is 25.5 Å². The second-order valence-corrected chi connectivity index (χ2v) is 5.21. The van der Waals surface area contributed by atoms with Gasteiger partial charge in [0, 0.05) is 18.4 Å². The van der Waals surface area contributed by atoms with E-state index in [0.29, 0.717) is 12.5 Å². The van der Waals surface area contributed by atoms with Crippen LogP contribution in [-0.2, 0) is 11.3 Å². The first-order valence-electron chi connectivity index (χ1n) is 6.98. The van der Waals surface area contributed by atoms with Crippen LogP contribution in [0.2, 0.25) is 0 Å². The zero-order valence-corrected chi connectivity index (χ0v) is 12.9. The first kappa shape index (κ1) is 15.5. The largest absolute Gasteiger partial charge is 0.497 e. The number of hydrogen-bond donors (Lipinski definition) is 1. The van der Waals surface area contributed by atoms with Crippen molar-refractivity contribution in [2.24, 2.45) is 0 Å². The molecule has 0 aliphatic heterocycles. The van der Waals surface area contributed by atoms with Crippen LogP contribution in [-0.4, -0.2) is 35.4 Å². The standard InChI is InChI=1S/C16H22N2O3/c1-11(2)15-9-14(17-18(15)10-16(19)21-4)12-5-7-13(20-3)8-6-12/h5-9,11,16,19H,10H2,1-4H3. The molecule has 0 saturated carbocycles. The molecule has 1 heterocycles. The van der Waals surface area contributed by atoms with Crippen molar-refractivity contribution in [3.63, 3.8) is 0 Å². The summed E-state index contributed by atoms with van der Waals surface area (Å²) in [6.07, 6.45) is -0.855. The normalized spacial score (nSPS) is 12.7. The molecule has 1 unspecified atom stereocenters. The minimum absolute atomic E-state index is 0.313. The lowest BCUT2D eigenvalue weighted by molar-refractivity contribution is -0.0857. The molecule has 1 aromatic carbocycles. The number of nitrogens with zero attached hydrogens (tertiary/aromatic N) is 2. The van der Waals surface area contributed by atoms with Crippen molar-refractivity contribution < 1.29 is 14.6 Å². The summed E-state index contributed by atoms with van der Waals surface area (Å²) >= 11 is 0. The van der Waals surface area contributed by atoms with Gasteiger partial charge in [-0.1, -0.05) is 13.8 Å². The number of methoxy groups -OCH3 is 2. The predicted molar refractivity (Wildman–Crippen MR) is 81.3 cm³/mol. The molecule has 1 aromatic heterocycles. The Bertz CT molecular complexity index is 576. The second kappa shape index (κ2) is 6.74. The Kier molecular flexibility index (Phi) is 4.98. The fraction of sp³-hybridized carbons (Fsp3) is 0.438. The predicted octanol–water partition coefficient (Wildman–Crippen LogP) is 2.65. The minimum atomic E-state index is -0.855. The molecule has 114 valence electrons. The fourth-order valence-corrected chi connectivity index (χ4v) is 2.17. The Balaban J connectivity index is 2.33. The Hall–Kier alpha value is -1.85. The molecule has 0 spiro atoms. The summed E-state index contributed by atoms with van der Waals surface area (Å²) in [5.74, 6) is 1.13. The quantitative estimate of drug-likeness (QED) is 0.831. The maximum atomic E-state index is 9.67. The second-order valence-electron chi connectivity index (χ2n) is 5.21. The van der Waals surface area contributed by atoms with Gasteiger partial charge in [-0.15, -0.1) is 0 Å². The highest BCUT2D eigenvalue weighted by Gasteiger charge is 2.15. The van der Waals surface area contributed by atoms with E-state index >= 15 is 0 Å². The summed E-state index contributed by atoms with van der Waals surface area (Å²) in [5, 5.41) is 14.2. The molecule has 0 fully saturated rings. The van der Waals surface area contributed by atoms with Gasteiger partial charge in [-0.05, 0) is 36.2 Å². The average molecular weight is 290 g/mol. The Morgan fingerprint density at radius 3 is 2.38 bits per heavy atom. The maximum absolute atomic E-state index is 9.67. The number of rotatable bonds is 6. The van der Waals surface area contributed by atoms with Crippen LogP contribution >= 0.6 is 0 Å². The van der Waals surface area contributed by atoms with E-state index in [2.05, 4.69) is 25.0 Å². The van der Waals surface area contributed by atoms with Gasteiger partial charge < -0.3 is 14.6 Å². The molecule has 1 atom stereocenters. The van der Waals surface area contributed by atoms with Crippen LogP contribution in [0.3, 0.4) is 0 Å². The van der Waals surface area contributed by atoms with Gasteiger partial charge in [0.05, 0.1) is 19.3 Å². The number of benzene rings is 1. The van der Waals surface area contributed by atoms with Crippen molar-refractivity contribution in [3.8, 4) is 17.0 Å². The van der Waals surface area contributed by atoms with Crippen LogP contribution < -0.4 is 4.74 Å². The van der Waals surface area contributed by atoms with Crippen LogP contribution in [0.15, 0.2) is 30.3 Å². The number of hydrogen-bond acceptors (Lipinski definition) is 4. The van der Waals surface area contributed by atoms with Gasteiger partial charge in [-0.3, -0.25) is 4.68 Å². The molecule has 1 N–H and O–H groups in total. The van der Waals surface area contributed by atoms with E-state index in [1.807, 2.05) is 24.3 Å². The van der Waals surface area contributed by atoms with Crippen LogP contribution in [0.25, 0.3) is 11.3 Å². The van der Waals surface area contributed by atoms with E-state index in [9.17, 15) is 5.11 Å². The van der Waals surface area contributed by atoms with Crippen LogP contribution in [0, 0.1) is 0 Å². The van der Waals surface area contributed by atoms with E-state index in [1.165, 1.54) is 7.11 Å². The maximum Gasteiger partial charge on any atom is 0.173 e. The van der Waals surface area contributed by atoms with Crippen molar-refractivity contribution in [1.82, 2.24) is 9.78 Å². The van der Waals surface area contributed by atoms with Gasteiger partial charge in [-0.2, -0.15) is 5.10 Å². The third kappa shape index (κ3) is 3.62. The SMILES string of the molecule is COc1ccc(-c2cc(C(C)C)n(CC(O)OC)n2)cc1. The molecule has 0 bridgehead atoms. The van der Waals surface area contributed by atoms with E-state index in [-0.39, 0.29) is 0 Å². The summed E-state index contributed by atoms with van der Waals surface area (Å²) in [6.45, 7) is 4.52. The van der Waals surface area contributed by atoms with Crippen molar-refractivity contribution in [2.45, 2.75) is 32.6 Å². The third-order valence-electron chi connectivity index (χ3n) is 3.39. The van der Waals surface area contributed by atoms with Crippen LogP contribution in [0.5, 0.6) is 5.75 Å². The minimum Gasteiger partial charge on any atom is -0.497 e. The van der Waals surface area contributed by atoms with Gasteiger partial charge in [-0.25, -0.2) is 0 Å². The number of ether oxygens (including phenoxy) is 2. The van der Waals surface area contributed by atoms with Gasteiger partial charge in [0.15, 0.2) is 6.29 Å². The summed E-state index contributed by atoms with van der Waals surface area (Å²) in [6, 6.07) is 9.82. The van der Waals surface area contributed by atoms with Gasteiger partial charge in [0.25, 0.3) is 0 Å². The summed E-state index contributed by atoms with van der Waals surface area (Å²) < 4.78 is 11.9. The van der Waals surface area contributed by atoms with E-state index in [1.54, 1.807) is 11.8 Å². The lowest BCUT2D eigenvalue weighted by Crippen LogP contribution is -2.20.